The summed E-state index contributed by atoms with van der Waals surface area (Å²) in [5.41, 5.74) is 9.64. The van der Waals surface area contributed by atoms with Crippen molar-refractivity contribution in [2.45, 2.75) is 25.9 Å². The highest BCUT2D eigenvalue weighted by molar-refractivity contribution is 6.35. The first-order valence-electron chi connectivity index (χ1n) is 8.85. The van der Waals surface area contributed by atoms with E-state index in [4.69, 9.17) is 26.8 Å². The van der Waals surface area contributed by atoms with Gasteiger partial charge in [0.05, 0.1) is 22.5 Å². The summed E-state index contributed by atoms with van der Waals surface area (Å²) in [6, 6.07) is 11.5. The van der Waals surface area contributed by atoms with Gasteiger partial charge < -0.3 is 19.8 Å². The van der Waals surface area contributed by atoms with Crippen LogP contribution < -0.4 is 10.5 Å². The number of carbonyl (C=O) groups excluding carboxylic acids is 1. The molecule has 2 aromatic carbocycles. The number of para-hydroxylation sites is 1. The van der Waals surface area contributed by atoms with Crippen molar-refractivity contribution in [1.82, 2.24) is 4.57 Å². The average Bonchev–Trinajstić information content (AvgIpc) is 3.00. The number of benzene rings is 2. The van der Waals surface area contributed by atoms with Gasteiger partial charge in [-0.1, -0.05) is 29.8 Å². The van der Waals surface area contributed by atoms with Crippen LogP contribution in [0.1, 0.15) is 30.6 Å². The van der Waals surface area contributed by atoms with Crippen LogP contribution in [0.5, 0.6) is 5.75 Å². The number of hydrogen-bond donors (Lipinski definition) is 1. The first kappa shape index (κ1) is 19.1. The van der Waals surface area contributed by atoms with Gasteiger partial charge in [0.2, 0.25) is 0 Å². The van der Waals surface area contributed by atoms with Crippen molar-refractivity contribution in [2.75, 3.05) is 12.3 Å². The van der Waals surface area contributed by atoms with Crippen molar-refractivity contribution >= 4 is 34.7 Å². The van der Waals surface area contributed by atoms with Crippen molar-refractivity contribution in [3.8, 4) is 5.75 Å². The molecular weight excluding hydrogens is 364 g/mol. The van der Waals surface area contributed by atoms with Crippen molar-refractivity contribution in [2.24, 2.45) is 7.05 Å². The van der Waals surface area contributed by atoms with Crippen LogP contribution >= 0.6 is 11.6 Å². The fourth-order valence-electron chi connectivity index (χ4n) is 3.30. The second-order valence-electron chi connectivity index (χ2n) is 6.49. The van der Waals surface area contributed by atoms with Crippen LogP contribution in [0.2, 0.25) is 5.02 Å². The first-order valence-corrected chi connectivity index (χ1v) is 9.23. The minimum atomic E-state index is -0.392. The normalized spacial score (nSPS) is 12.1. The quantitative estimate of drug-likeness (QED) is 0.347. The number of halogens is 1. The molecule has 0 aliphatic heterocycles. The van der Waals surface area contributed by atoms with Gasteiger partial charge in [-0.3, -0.25) is 4.79 Å². The third-order valence-corrected chi connectivity index (χ3v) is 4.97. The molecule has 0 bridgehead atoms. The number of aromatic nitrogens is 1. The zero-order valence-electron chi connectivity index (χ0n) is 15.4. The topological polar surface area (TPSA) is 66.5 Å². The number of rotatable bonds is 8. The number of nitrogens with zero attached hydrogens (tertiary/aromatic N) is 1. The van der Waals surface area contributed by atoms with Crippen molar-refractivity contribution < 1.29 is 14.3 Å². The lowest BCUT2D eigenvalue weighted by Gasteiger charge is -2.13. The van der Waals surface area contributed by atoms with Crippen LogP contribution in [0.15, 0.2) is 42.6 Å². The van der Waals surface area contributed by atoms with E-state index < -0.39 is 6.10 Å². The molecule has 0 radical (unpaired) electrons. The van der Waals surface area contributed by atoms with Gasteiger partial charge in [0.25, 0.3) is 6.47 Å². The van der Waals surface area contributed by atoms with Gasteiger partial charge in [-0.05, 0) is 43.5 Å². The molecule has 0 amide bonds. The molecule has 0 aliphatic rings. The highest BCUT2D eigenvalue weighted by atomic mass is 35.5. The van der Waals surface area contributed by atoms with E-state index >= 15 is 0 Å². The third-order valence-electron chi connectivity index (χ3n) is 4.67. The lowest BCUT2D eigenvalue weighted by molar-refractivity contribution is -0.133. The van der Waals surface area contributed by atoms with Crippen LogP contribution in [-0.4, -0.2) is 17.6 Å². The SMILES string of the molecule is C[C@@H](OC=O)c1cn(C)c2c(Cl)ccc(OCCCc3ccccc3N)c12. The Balaban J connectivity index is 1.80. The predicted octanol–water partition coefficient (Wildman–Crippen LogP) is 4.66. The monoisotopic (exact) mass is 386 g/mol. The molecule has 0 fully saturated rings. The summed E-state index contributed by atoms with van der Waals surface area (Å²) >= 11 is 6.39. The molecule has 3 rings (SSSR count). The molecule has 1 aromatic heterocycles. The molecule has 142 valence electrons. The minimum Gasteiger partial charge on any atom is -0.493 e. The molecule has 1 heterocycles. The van der Waals surface area contributed by atoms with Crippen molar-refractivity contribution in [1.29, 1.82) is 0 Å². The smallest absolute Gasteiger partial charge is 0.293 e. The minimum absolute atomic E-state index is 0.392. The van der Waals surface area contributed by atoms with Crippen LogP contribution in [0, 0.1) is 0 Å². The van der Waals surface area contributed by atoms with E-state index in [0.717, 1.165) is 46.3 Å². The summed E-state index contributed by atoms with van der Waals surface area (Å²) in [4.78, 5) is 10.8. The highest BCUT2D eigenvalue weighted by Gasteiger charge is 2.19. The fraction of sp³-hybridized carbons (Fsp3) is 0.286. The largest absolute Gasteiger partial charge is 0.493 e. The van der Waals surface area contributed by atoms with Gasteiger partial charge in [-0.2, -0.15) is 0 Å². The molecule has 6 heteroatoms. The van der Waals surface area contributed by atoms with Crippen LogP contribution in [0.25, 0.3) is 10.9 Å². The Labute approximate surface area is 163 Å². The van der Waals surface area contributed by atoms with E-state index in [1.165, 1.54) is 0 Å². The van der Waals surface area contributed by atoms with E-state index in [2.05, 4.69) is 0 Å². The molecule has 0 unspecified atom stereocenters. The van der Waals surface area contributed by atoms with Gasteiger partial charge in [-0.15, -0.1) is 0 Å². The number of anilines is 1. The van der Waals surface area contributed by atoms with Crippen LogP contribution in [0.4, 0.5) is 5.69 Å². The van der Waals surface area contributed by atoms with E-state index in [1.54, 1.807) is 0 Å². The predicted molar refractivity (Wildman–Crippen MR) is 108 cm³/mol. The zero-order valence-corrected chi connectivity index (χ0v) is 16.2. The molecule has 27 heavy (non-hydrogen) atoms. The third kappa shape index (κ3) is 4.03. The molecule has 3 aromatic rings. The Morgan fingerprint density at radius 3 is 2.78 bits per heavy atom. The summed E-state index contributed by atoms with van der Waals surface area (Å²) in [5.74, 6) is 0.729. The molecule has 1 atom stereocenters. The van der Waals surface area contributed by atoms with Gasteiger partial charge >= 0.3 is 0 Å². The first-order chi connectivity index (χ1) is 13.0. The number of nitrogens with two attached hydrogens (primary N) is 1. The lowest BCUT2D eigenvalue weighted by Crippen LogP contribution is -2.03. The number of nitrogen functional groups attached to an aromatic ring is 1. The Bertz CT molecular complexity index is 952. The van der Waals surface area contributed by atoms with Crippen molar-refractivity contribution in [3.63, 3.8) is 0 Å². The van der Waals surface area contributed by atoms with E-state index in [0.29, 0.717) is 18.1 Å². The van der Waals surface area contributed by atoms with Gasteiger partial charge in [-0.25, -0.2) is 0 Å². The molecule has 0 saturated carbocycles. The standard InChI is InChI=1S/C21H23ClN2O3/c1-14(27-13-25)16-12-24(2)21-17(22)9-10-19(20(16)21)26-11-5-7-15-6-3-4-8-18(15)23/h3-4,6,8-10,12-14H,5,7,11,23H2,1-2H3/t14-/m1/s1. The van der Waals surface area contributed by atoms with E-state index in [1.807, 2.05) is 61.1 Å². The summed E-state index contributed by atoms with van der Waals surface area (Å²) in [6.07, 6.45) is 3.20. The van der Waals surface area contributed by atoms with Crippen LogP contribution in [-0.2, 0) is 23.0 Å². The maximum absolute atomic E-state index is 10.8. The average molecular weight is 387 g/mol. The zero-order chi connectivity index (χ0) is 19.4. The number of hydrogen-bond acceptors (Lipinski definition) is 4. The van der Waals surface area contributed by atoms with E-state index in [-0.39, 0.29) is 0 Å². The van der Waals surface area contributed by atoms with E-state index in [9.17, 15) is 4.79 Å². The van der Waals surface area contributed by atoms with Gasteiger partial charge in [0, 0.05) is 24.5 Å². The Morgan fingerprint density at radius 1 is 1.26 bits per heavy atom. The summed E-state index contributed by atoms with van der Waals surface area (Å²) in [7, 11) is 1.91. The Morgan fingerprint density at radius 2 is 2.04 bits per heavy atom. The molecular formula is C21H23ClN2O3. The molecule has 2 N–H and O–H groups in total. The second-order valence-corrected chi connectivity index (χ2v) is 6.90. The maximum Gasteiger partial charge on any atom is 0.293 e. The molecule has 0 saturated heterocycles. The van der Waals surface area contributed by atoms with Gasteiger partial charge in [0.15, 0.2) is 0 Å². The highest BCUT2D eigenvalue weighted by Crippen LogP contribution is 2.38. The van der Waals surface area contributed by atoms with Crippen LogP contribution in [0.3, 0.4) is 0 Å². The summed E-state index contributed by atoms with van der Waals surface area (Å²) in [6.45, 7) is 2.83. The fourth-order valence-corrected chi connectivity index (χ4v) is 3.59. The number of aryl methyl sites for hydroxylation is 2. The Hall–Kier alpha value is -2.66. The summed E-state index contributed by atoms with van der Waals surface area (Å²) < 4.78 is 13.1. The number of fused-ring (bicyclic) bond motifs is 1. The molecule has 5 nitrogen and oxygen atoms in total. The number of carbonyl (C=O) groups is 1. The van der Waals surface area contributed by atoms with Gasteiger partial charge in [0.1, 0.15) is 11.9 Å². The molecule has 0 aliphatic carbocycles. The Kier molecular flexibility index (Phi) is 5.91. The number of ether oxygens (including phenoxy) is 2. The molecule has 0 spiro atoms. The lowest BCUT2D eigenvalue weighted by atomic mass is 10.1. The second kappa shape index (κ2) is 8.35. The summed E-state index contributed by atoms with van der Waals surface area (Å²) in [5, 5.41) is 1.50. The van der Waals surface area contributed by atoms with Crippen molar-refractivity contribution in [3.05, 3.63) is 58.7 Å². The maximum atomic E-state index is 10.8.